The summed E-state index contributed by atoms with van der Waals surface area (Å²) in [6.45, 7) is 4.98. The summed E-state index contributed by atoms with van der Waals surface area (Å²) in [5.74, 6) is 1.75. The maximum Gasteiger partial charge on any atom is 0.243 e. The number of amides is 1. The van der Waals surface area contributed by atoms with E-state index in [1.54, 1.807) is 13.2 Å². The fourth-order valence-corrected chi connectivity index (χ4v) is 2.08. The third kappa shape index (κ3) is 5.50. The van der Waals surface area contributed by atoms with Gasteiger partial charge in [0.15, 0.2) is 0 Å². The lowest BCUT2D eigenvalue weighted by Crippen LogP contribution is -2.22. The lowest BCUT2D eigenvalue weighted by atomic mass is 10.2. The minimum absolute atomic E-state index is 0.137. The van der Waals surface area contributed by atoms with Crippen LogP contribution < -0.4 is 20.1 Å². The molecule has 0 atom stereocenters. The predicted octanol–water partition coefficient (Wildman–Crippen LogP) is 3.78. The highest BCUT2D eigenvalue weighted by atomic mass is 16.5. The summed E-state index contributed by atoms with van der Waals surface area (Å²) in [6, 6.07) is 14.9. The molecule has 2 N–H and O–H groups in total. The van der Waals surface area contributed by atoms with Crippen LogP contribution in [0, 0.1) is 5.92 Å². The molecule has 128 valence electrons. The maximum absolute atomic E-state index is 12.1. The molecule has 2 aromatic carbocycles. The van der Waals surface area contributed by atoms with Crippen LogP contribution in [-0.4, -0.2) is 26.2 Å². The molecule has 0 unspecified atom stereocenters. The van der Waals surface area contributed by atoms with Crippen LogP contribution in [0.4, 0.5) is 11.4 Å². The van der Waals surface area contributed by atoms with Crippen molar-refractivity contribution in [2.45, 2.75) is 13.8 Å². The van der Waals surface area contributed by atoms with Gasteiger partial charge in [-0.3, -0.25) is 4.79 Å². The van der Waals surface area contributed by atoms with Crippen LogP contribution >= 0.6 is 0 Å². The van der Waals surface area contributed by atoms with E-state index in [4.69, 9.17) is 9.47 Å². The van der Waals surface area contributed by atoms with Gasteiger partial charge in [-0.15, -0.1) is 0 Å². The summed E-state index contributed by atoms with van der Waals surface area (Å²) in [7, 11) is 1.59. The van der Waals surface area contributed by atoms with Gasteiger partial charge in [0, 0.05) is 11.8 Å². The standard InChI is InChI=1S/C19H24N2O3/c1-14(2)13-24-18-10-5-4-9-17(18)20-12-19(22)21-15-7-6-8-16(11-15)23-3/h4-11,14,20H,12-13H2,1-3H3,(H,21,22). The number of ether oxygens (including phenoxy) is 2. The molecule has 2 aromatic rings. The molecule has 0 aromatic heterocycles. The molecule has 1 amide bonds. The van der Waals surface area contributed by atoms with Crippen molar-refractivity contribution in [3.63, 3.8) is 0 Å². The summed E-state index contributed by atoms with van der Waals surface area (Å²) >= 11 is 0. The molecule has 2 rings (SSSR count). The van der Waals surface area contributed by atoms with E-state index in [0.717, 1.165) is 11.4 Å². The van der Waals surface area contributed by atoms with Crippen molar-refractivity contribution < 1.29 is 14.3 Å². The monoisotopic (exact) mass is 328 g/mol. The number of anilines is 2. The number of methoxy groups -OCH3 is 1. The molecule has 5 nitrogen and oxygen atoms in total. The van der Waals surface area contributed by atoms with E-state index in [1.165, 1.54) is 0 Å². The van der Waals surface area contributed by atoms with Gasteiger partial charge < -0.3 is 20.1 Å². The third-order valence-corrected chi connectivity index (χ3v) is 3.25. The second kappa shape index (κ2) is 8.82. The molecule has 24 heavy (non-hydrogen) atoms. The Labute approximate surface area is 143 Å². The molecule has 0 bridgehead atoms. The van der Waals surface area contributed by atoms with E-state index >= 15 is 0 Å². The molecule has 0 aliphatic rings. The van der Waals surface area contributed by atoms with Crippen LogP contribution in [0.15, 0.2) is 48.5 Å². The van der Waals surface area contributed by atoms with Crippen LogP contribution in [0.5, 0.6) is 11.5 Å². The van der Waals surface area contributed by atoms with Crippen LogP contribution in [0.3, 0.4) is 0 Å². The molecule has 5 heteroatoms. The number of hydrogen-bond donors (Lipinski definition) is 2. The number of nitrogens with one attached hydrogen (secondary N) is 2. The minimum atomic E-state index is -0.137. The number of benzene rings is 2. The Morgan fingerprint density at radius 3 is 2.67 bits per heavy atom. The first kappa shape index (κ1) is 17.7. The minimum Gasteiger partial charge on any atom is -0.497 e. The van der Waals surface area contributed by atoms with Gasteiger partial charge in [0.25, 0.3) is 0 Å². The molecule has 0 spiro atoms. The van der Waals surface area contributed by atoms with Gasteiger partial charge in [-0.2, -0.15) is 0 Å². The predicted molar refractivity (Wildman–Crippen MR) is 96.9 cm³/mol. The molecule has 0 aliphatic carbocycles. The van der Waals surface area contributed by atoms with Crippen LogP contribution in [0.25, 0.3) is 0 Å². The van der Waals surface area contributed by atoms with Gasteiger partial charge in [-0.1, -0.05) is 32.0 Å². The van der Waals surface area contributed by atoms with Gasteiger partial charge in [-0.25, -0.2) is 0 Å². The van der Waals surface area contributed by atoms with Crippen molar-refractivity contribution in [3.8, 4) is 11.5 Å². The maximum atomic E-state index is 12.1. The first-order chi connectivity index (χ1) is 11.6. The van der Waals surface area contributed by atoms with Crippen LogP contribution in [0.2, 0.25) is 0 Å². The zero-order valence-electron chi connectivity index (χ0n) is 14.3. The lowest BCUT2D eigenvalue weighted by Gasteiger charge is -2.14. The second-order valence-corrected chi connectivity index (χ2v) is 5.83. The first-order valence-electron chi connectivity index (χ1n) is 7.98. The van der Waals surface area contributed by atoms with Gasteiger partial charge in [0.2, 0.25) is 5.91 Å². The Hall–Kier alpha value is -2.69. The van der Waals surface area contributed by atoms with E-state index in [-0.39, 0.29) is 12.5 Å². The Balaban J connectivity index is 1.91. The Kier molecular flexibility index (Phi) is 6.49. The van der Waals surface area contributed by atoms with Gasteiger partial charge in [-0.05, 0) is 30.2 Å². The lowest BCUT2D eigenvalue weighted by molar-refractivity contribution is -0.114. The van der Waals surface area contributed by atoms with Gasteiger partial charge in [0.1, 0.15) is 11.5 Å². The van der Waals surface area contributed by atoms with Gasteiger partial charge >= 0.3 is 0 Å². The number of rotatable bonds is 8. The zero-order valence-corrected chi connectivity index (χ0v) is 14.3. The Morgan fingerprint density at radius 2 is 1.92 bits per heavy atom. The van der Waals surface area contributed by atoms with Crippen LogP contribution in [-0.2, 0) is 4.79 Å². The third-order valence-electron chi connectivity index (χ3n) is 3.25. The summed E-state index contributed by atoms with van der Waals surface area (Å²) in [6.07, 6.45) is 0. The molecule has 0 fully saturated rings. The molecular weight excluding hydrogens is 304 g/mol. The SMILES string of the molecule is COc1cccc(NC(=O)CNc2ccccc2OCC(C)C)c1. The second-order valence-electron chi connectivity index (χ2n) is 5.83. The highest BCUT2D eigenvalue weighted by Gasteiger charge is 2.07. The van der Waals surface area contributed by atoms with Crippen molar-refractivity contribution in [3.05, 3.63) is 48.5 Å². The van der Waals surface area contributed by atoms with Crippen LogP contribution in [0.1, 0.15) is 13.8 Å². The van der Waals surface area contributed by atoms with E-state index in [0.29, 0.717) is 24.0 Å². The fraction of sp³-hybridized carbons (Fsp3) is 0.316. The summed E-state index contributed by atoms with van der Waals surface area (Å²) in [5, 5.41) is 5.95. The highest BCUT2D eigenvalue weighted by Crippen LogP contribution is 2.24. The van der Waals surface area contributed by atoms with Crippen molar-refractivity contribution in [1.29, 1.82) is 0 Å². The normalized spacial score (nSPS) is 10.3. The van der Waals surface area contributed by atoms with E-state index in [9.17, 15) is 4.79 Å². The van der Waals surface area contributed by atoms with Crippen molar-refractivity contribution in [2.24, 2.45) is 5.92 Å². The molecule has 0 heterocycles. The Bertz CT molecular complexity index is 671. The highest BCUT2D eigenvalue weighted by molar-refractivity contribution is 5.94. The van der Waals surface area contributed by atoms with Gasteiger partial charge in [0.05, 0.1) is 25.9 Å². The largest absolute Gasteiger partial charge is 0.497 e. The number of hydrogen-bond acceptors (Lipinski definition) is 4. The quantitative estimate of drug-likeness (QED) is 0.774. The summed E-state index contributed by atoms with van der Waals surface area (Å²) < 4.78 is 10.9. The smallest absolute Gasteiger partial charge is 0.243 e. The summed E-state index contributed by atoms with van der Waals surface area (Å²) in [5.41, 5.74) is 1.50. The van der Waals surface area contributed by atoms with Crippen molar-refractivity contribution >= 4 is 17.3 Å². The Morgan fingerprint density at radius 1 is 1.12 bits per heavy atom. The van der Waals surface area contributed by atoms with E-state index < -0.39 is 0 Å². The molecule has 0 saturated heterocycles. The average molecular weight is 328 g/mol. The van der Waals surface area contributed by atoms with E-state index in [2.05, 4.69) is 24.5 Å². The van der Waals surface area contributed by atoms with Crippen molar-refractivity contribution in [1.82, 2.24) is 0 Å². The van der Waals surface area contributed by atoms with Crippen molar-refractivity contribution in [2.75, 3.05) is 30.9 Å². The number of carbonyl (C=O) groups excluding carboxylic acids is 1. The molecule has 0 aliphatic heterocycles. The van der Waals surface area contributed by atoms with E-state index in [1.807, 2.05) is 42.5 Å². The topological polar surface area (TPSA) is 59.6 Å². The fourth-order valence-electron chi connectivity index (χ4n) is 2.08. The average Bonchev–Trinajstić information content (AvgIpc) is 2.59. The first-order valence-corrected chi connectivity index (χ1v) is 7.98. The molecular formula is C19H24N2O3. The molecule has 0 radical (unpaired) electrons. The summed E-state index contributed by atoms with van der Waals surface area (Å²) in [4.78, 5) is 12.1. The molecule has 0 saturated carbocycles. The number of para-hydroxylation sites is 2. The number of carbonyl (C=O) groups is 1. The zero-order chi connectivity index (χ0) is 17.4.